The van der Waals surface area contributed by atoms with Crippen LogP contribution in [0.4, 0.5) is 0 Å². The Morgan fingerprint density at radius 3 is 1.25 bits per heavy atom. The molecule has 0 unspecified atom stereocenters. The van der Waals surface area contributed by atoms with Gasteiger partial charge in [-0.15, -0.1) is 0 Å². The zero-order valence-electron chi connectivity index (χ0n) is 2.36. The molecule has 0 rings (SSSR count). The molecule has 0 saturated heterocycles. The molecular formula is CH3N2Zn-. The summed E-state index contributed by atoms with van der Waals surface area (Å²) in [6, 6.07) is 0. The summed E-state index contributed by atoms with van der Waals surface area (Å²) in [4.78, 5) is 0. The molecule has 0 amide bonds. The first kappa shape index (κ1) is 33.4. The number of hydrogen-bond acceptors (Lipinski definition) is 2. The van der Waals surface area contributed by atoms with Gasteiger partial charge in [-0.1, -0.05) is 0 Å². The maximum absolute atomic E-state index is 6.25. The van der Waals surface area contributed by atoms with Crippen LogP contribution in [-0.2, 0) is 19.5 Å². The van der Waals surface area contributed by atoms with Crippen molar-refractivity contribution in [3.05, 3.63) is 6.57 Å². The van der Waals surface area contributed by atoms with Crippen molar-refractivity contribution in [2.45, 2.75) is 0 Å². The van der Waals surface area contributed by atoms with E-state index in [1.807, 2.05) is 0 Å². The molecule has 0 radical (unpaired) electrons. The quantitative estimate of drug-likeness (QED) is 0.357. The molecule has 4 heavy (non-hydrogen) atoms. The molecule has 0 aliphatic rings. The van der Waals surface area contributed by atoms with Crippen LogP contribution in [0.5, 0.6) is 0 Å². The third kappa shape index (κ3) is 444. The Hall–Kier alpha value is 0.0734. The average Bonchev–Trinajstić information content (AvgIpc) is 1.00. The normalized spacial score (nSPS) is 0.500. The Bertz CT molecular complexity index is 10.8. The van der Waals surface area contributed by atoms with Crippen molar-refractivity contribution in [2.24, 2.45) is 0 Å². The first-order valence-corrected chi connectivity index (χ1v) is 0.224. The van der Waals surface area contributed by atoms with Gasteiger partial charge in [-0.2, -0.15) is 0 Å². The van der Waals surface area contributed by atoms with Crippen LogP contribution >= 0.6 is 0 Å². The molecule has 0 aliphatic carbocycles. The van der Waals surface area contributed by atoms with Crippen LogP contribution in [0.3, 0.4) is 0 Å². The number of hydrogen-bond donors (Lipinski definition) is 1. The van der Waals surface area contributed by atoms with Crippen LogP contribution in [0.1, 0.15) is 0 Å². The van der Waals surface area contributed by atoms with Crippen molar-refractivity contribution in [3.8, 4) is 0 Å². The first-order chi connectivity index (χ1) is 1.00. The molecule has 0 aromatic carbocycles. The van der Waals surface area contributed by atoms with Gasteiger partial charge in [-0.3, -0.25) is 0 Å². The summed E-state index contributed by atoms with van der Waals surface area (Å²) in [5.74, 6) is 0. The fraction of sp³-hybridized carbons (Fsp3) is 0. The molecule has 3 heteroatoms. The Morgan fingerprint density at radius 1 is 1.25 bits per heavy atom. The summed E-state index contributed by atoms with van der Waals surface area (Å²) in [5.41, 5.74) is 0. The third-order valence-corrected chi connectivity index (χ3v) is 0. The molecule has 0 saturated carbocycles. The third-order valence-electron chi connectivity index (χ3n) is 0. The van der Waals surface area contributed by atoms with E-state index in [4.69, 9.17) is 11.8 Å². The van der Waals surface area contributed by atoms with Gasteiger partial charge in [0, 0.05) is 19.5 Å². The molecule has 0 atom stereocenters. The Balaban J connectivity index is -0.00000000500. The van der Waals surface area contributed by atoms with Crippen LogP contribution in [0.2, 0.25) is 0 Å². The second-order valence-electron chi connectivity index (χ2n) is 0. The van der Waals surface area contributed by atoms with E-state index in [0.29, 0.717) is 0 Å². The summed E-state index contributed by atoms with van der Waals surface area (Å²) in [5, 5.41) is 6.25. The van der Waals surface area contributed by atoms with Crippen molar-refractivity contribution in [3.63, 3.8) is 0 Å². The van der Waals surface area contributed by atoms with Crippen LogP contribution in [0.25, 0.3) is 0 Å². The van der Waals surface area contributed by atoms with Crippen molar-refractivity contribution in [1.82, 2.24) is 6.15 Å². The summed E-state index contributed by atoms with van der Waals surface area (Å²) < 4.78 is 0. The van der Waals surface area contributed by atoms with Gasteiger partial charge in [0.1, 0.15) is 0 Å². The van der Waals surface area contributed by atoms with Gasteiger partial charge >= 0.3 is 0 Å². The van der Waals surface area contributed by atoms with Crippen LogP contribution < -0.4 is 6.15 Å². The van der Waals surface area contributed by atoms with Crippen LogP contribution in [-0.4, -0.2) is 0 Å². The Morgan fingerprint density at radius 2 is 1.25 bits per heavy atom. The smallest absolute Gasteiger partial charge is 0 e. The van der Waals surface area contributed by atoms with E-state index in [-0.39, 0.29) is 25.6 Å². The van der Waals surface area contributed by atoms with E-state index in [2.05, 4.69) is 0 Å². The van der Waals surface area contributed by atoms with Gasteiger partial charge in [-0.25, -0.2) is 0 Å². The summed E-state index contributed by atoms with van der Waals surface area (Å²) in [6.45, 7) is 4.75. The standard InChI is InChI=1S/CN.H3N.Zn/c1-2;;/h;1H3;/q-1;;. The molecule has 0 spiro atoms. The molecule has 3 N–H and O–H groups in total. The van der Waals surface area contributed by atoms with Crippen molar-refractivity contribution >= 4 is 0 Å². The molecule has 0 fully saturated rings. The van der Waals surface area contributed by atoms with Gasteiger partial charge in [0.15, 0.2) is 0 Å². The summed E-state index contributed by atoms with van der Waals surface area (Å²) in [7, 11) is 0. The molecule has 20 valence electrons. The first-order valence-electron chi connectivity index (χ1n) is 0.224. The van der Waals surface area contributed by atoms with E-state index in [1.165, 1.54) is 0 Å². The molecule has 0 aliphatic heterocycles. The van der Waals surface area contributed by atoms with Crippen molar-refractivity contribution in [1.29, 1.82) is 5.26 Å². The predicted octanol–water partition coefficient (Wildman–Crippen LogP) is 0.256. The predicted molar refractivity (Wildman–Crippen MR) is 9.99 cm³/mol. The maximum atomic E-state index is 6.25. The van der Waals surface area contributed by atoms with Crippen molar-refractivity contribution < 1.29 is 19.5 Å². The van der Waals surface area contributed by atoms with Gasteiger partial charge in [-0.05, 0) is 0 Å². The SMILES string of the molecule is N.[C-]#N.[Zn]. The fourth-order valence-electron chi connectivity index (χ4n) is 0. The molecule has 0 heterocycles. The number of rotatable bonds is 0. The molecule has 0 aromatic rings. The zero-order chi connectivity index (χ0) is 2.00. The maximum Gasteiger partial charge on any atom is 0 e. The average molecular weight is 108 g/mol. The van der Waals surface area contributed by atoms with Crippen LogP contribution in [0, 0.1) is 11.8 Å². The second kappa shape index (κ2) is 2450. The minimum absolute atomic E-state index is 0. The minimum Gasteiger partial charge on any atom is -0.512 e. The van der Waals surface area contributed by atoms with E-state index >= 15 is 0 Å². The van der Waals surface area contributed by atoms with Crippen molar-refractivity contribution in [2.75, 3.05) is 0 Å². The monoisotopic (exact) mass is 107 g/mol. The van der Waals surface area contributed by atoms with Crippen LogP contribution in [0.15, 0.2) is 0 Å². The van der Waals surface area contributed by atoms with E-state index in [1.54, 1.807) is 0 Å². The fourth-order valence-corrected chi connectivity index (χ4v) is 0. The molecule has 0 aromatic heterocycles. The minimum atomic E-state index is 0. The van der Waals surface area contributed by atoms with E-state index in [0.717, 1.165) is 0 Å². The van der Waals surface area contributed by atoms with E-state index < -0.39 is 0 Å². The molecule has 2 nitrogen and oxygen atoms in total. The van der Waals surface area contributed by atoms with Gasteiger partial charge in [0.25, 0.3) is 0 Å². The number of nitrogens with zero attached hydrogens (tertiary/aromatic N) is 1. The second-order valence-corrected chi connectivity index (χ2v) is 0. The Kier molecular flexibility index (Phi) is 20500. The summed E-state index contributed by atoms with van der Waals surface area (Å²) in [6.07, 6.45) is 0. The topological polar surface area (TPSA) is 58.8 Å². The van der Waals surface area contributed by atoms with Gasteiger partial charge in [0.05, 0.1) is 0 Å². The van der Waals surface area contributed by atoms with Gasteiger partial charge in [0.2, 0.25) is 0 Å². The van der Waals surface area contributed by atoms with E-state index in [9.17, 15) is 0 Å². The molecule has 0 bridgehead atoms. The molecular weight excluding hydrogens is 105 g/mol. The largest absolute Gasteiger partial charge is 0.512 e. The summed E-state index contributed by atoms with van der Waals surface area (Å²) >= 11 is 0. The van der Waals surface area contributed by atoms with Gasteiger partial charge < -0.3 is 18.0 Å². The Labute approximate surface area is 38.2 Å². The zero-order valence-corrected chi connectivity index (χ0v) is 5.33.